The topological polar surface area (TPSA) is 43.4 Å². The highest BCUT2D eigenvalue weighted by Gasteiger charge is 2.27. The second-order valence-electron chi connectivity index (χ2n) is 3.83. The first kappa shape index (κ1) is 11.6. The summed E-state index contributed by atoms with van der Waals surface area (Å²) in [5.74, 6) is 0.298. The number of ketones is 2. The highest BCUT2D eigenvalue weighted by Crippen LogP contribution is 2.30. The van der Waals surface area contributed by atoms with Crippen molar-refractivity contribution in [3.05, 3.63) is 41.0 Å². The standard InChI is InChI=1S/C14H14O3/c1-3-9-8-11(15)10-6-5-7-12(17-4-2)13(10)14(9)16/h5-8H,3-4H2,1-2H3. The number of allylic oxidation sites excluding steroid dienone is 2. The predicted molar refractivity (Wildman–Crippen MR) is 64.6 cm³/mol. The maximum Gasteiger partial charge on any atom is 0.193 e. The number of ether oxygens (including phenoxy) is 1. The second kappa shape index (κ2) is 4.53. The van der Waals surface area contributed by atoms with E-state index in [1.807, 2.05) is 13.8 Å². The van der Waals surface area contributed by atoms with E-state index in [1.165, 1.54) is 6.08 Å². The first-order chi connectivity index (χ1) is 8.19. The number of rotatable bonds is 3. The second-order valence-corrected chi connectivity index (χ2v) is 3.83. The van der Waals surface area contributed by atoms with Crippen molar-refractivity contribution in [3.63, 3.8) is 0 Å². The van der Waals surface area contributed by atoms with Gasteiger partial charge in [-0.3, -0.25) is 9.59 Å². The summed E-state index contributed by atoms with van der Waals surface area (Å²) in [5.41, 5.74) is 1.41. The van der Waals surface area contributed by atoms with Crippen LogP contribution in [0.3, 0.4) is 0 Å². The molecule has 0 aliphatic heterocycles. The largest absolute Gasteiger partial charge is 0.493 e. The van der Waals surface area contributed by atoms with Gasteiger partial charge in [0.2, 0.25) is 0 Å². The molecule has 17 heavy (non-hydrogen) atoms. The molecule has 0 atom stereocenters. The highest BCUT2D eigenvalue weighted by atomic mass is 16.5. The van der Waals surface area contributed by atoms with Gasteiger partial charge in [-0.15, -0.1) is 0 Å². The summed E-state index contributed by atoms with van der Waals surface area (Å²) < 4.78 is 5.42. The van der Waals surface area contributed by atoms with Crippen molar-refractivity contribution in [2.75, 3.05) is 6.61 Å². The molecule has 0 saturated carbocycles. The zero-order chi connectivity index (χ0) is 12.4. The molecule has 2 rings (SSSR count). The molecule has 0 spiro atoms. The van der Waals surface area contributed by atoms with Gasteiger partial charge in [-0.25, -0.2) is 0 Å². The maximum absolute atomic E-state index is 12.2. The average Bonchev–Trinajstić information content (AvgIpc) is 2.34. The first-order valence-corrected chi connectivity index (χ1v) is 5.74. The van der Waals surface area contributed by atoms with Gasteiger partial charge < -0.3 is 4.74 Å². The Labute approximate surface area is 100 Å². The summed E-state index contributed by atoms with van der Waals surface area (Å²) in [7, 11) is 0. The Morgan fingerprint density at radius 2 is 1.94 bits per heavy atom. The summed E-state index contributed by atoms with van der Waals surface area (Å²) in [6.07, 6.45) is 1.99. The van der Waals surface area contributed by atoms with Crippen molar-refractivity contribution in [2.24, 2.45) is 0 Å². The molecule has 3 heteroatoms. The Hall–Kier alpha value is -1.90. The van der Waals surface area contributed by atoms with Crippen LogP contribution in [-0.4, -0.2) is 18.2 Å². The van der Waals surface area contributed by atoms with E-state index in [0.29, 0.717) is 35.5 Å². The van der Waals surface area contributed by atoms with E-state index < -0.39 is 0 Å². The molecule has 0 N–H and O–H groups in total. The zero-order valence-corrected chi connectivity index (χ0v) is 9.95. The maximum atomic E-state index is 12.2. The molecule has 1 aromatic carbocycles. The monoisotopic (exact) mass is 230 g/mol. The van der Waals surface area contributed by atoms with Crippen molar-refractivity contribution in [1.82, 2.24) is 0 Å². The van der Waals surface area contributed by atoms with Crippen LogP contribution in [0.15, 0.2) is 29.8 Å². The number of carbonyl (C=O) groups excluding carboxylic acids is 2. The minimum Gasteiger partial charge on any atom is -0.493 e. The fraction of sp³-hybridized carbons (Fsp3) is 0.286. The summed E-state index contributed by atoms with van der Waals surface area (Å²) in [5, 5.41) is 0. The molecule has 0 fully saturated rings. The third kappa shape index (κ3) is 1.88. The van der Waals surface area contributed by atoms with Crippen LogP contribution in [-0.2, 0) is 0 Å². The van der Waals surface area contributed by atoms with Crippen molar-refractivity contribution in [1.29, 1.82) is 0 Å². The third-order valence-electron chi connectivity index (χ3n) is 2.80. The number of benzene rings is 1. The summed E-state index contributed by atoms with van der Waals surface area (Å²) in [6.45, 7) is 4.19. The van der Waals surface area contributed by atoms with Gasteiger partial charge >= 0.3 is 0 Å². The van der Waals surface area contributed by atoms with Crippen LogP contribution in [0.2, 0.25) is 0 Å². The van der Waals surface area contributed by atoms with E-state index in [2.05, 4.69) is 0 Å². The van der Waals surface area contributed by atoms with Crippen LogP contribution in [0.5, 0.6) is 5.75 Å². The average molecular weight is 230 g/mol. The number of hydrogen-bond donors (Lipinski definition) is 0. The minimum atomic E-state index is -0.113. The van der Waals surface area contributed by atoms with Gasteiger partial charge in [-0.2, -0.15) is 0 Å². The smallest absolute Gasteiger partial charge is 0.193 e. The van der Waals surface area contributed by atoms with Gasteiger partial charge in [0.25, 0.3) is 0 Å². The zero-order valence-electron chi connectivity index (χ0n) is 9.95. The Kier molecular flexibility index (Phi) is 3.09. The summed E-state index contributed by atoms with van der Waals surface area (Å²) in [6, 6.07) is 5.13. The molecule has 1 aromatic rings. The van der Waals surface area contributed by atoms with Crippen molar-refractivity contribution >= 4 is 11.6 Å². The lowest BCUT2D eigenvalue weighted by molar-refractivity contribution is 0.0978. The fourth-order valence-corrected chi connectivity index (χ4v) is 1.97. The molecule has 0 saturated heterocycles. The Morgan fingerprint density at radius 1 is 1.18 bits per heavy atom. The van der Waals surface area contributed by atoms with Crippen LogP contribution in [0.1, 0.15) is 41.0 Å². The lowest BCUT2D eigenvalue weighted by atomic mass is 9.88. The van der Waals surface area contributed by atoms with E-state index in [0.717, 1.165) is 0 Å². The highest BCUT2D eigenvalue weighted by molar-refractivity contribution is 6.25. The molecule has 0 bridgehead atoms. The normalized spacial score (nSPS) is 14.4. The number of carbonyl (C=O) groups is 2. The lowest BCUT2D eigenvalue weighted by Gasteiger charge is -2.17. The molecule has 0 amide bonds. The first-order valence-electron chi connectivity index (χ1n) is 5.74. The van der Waals surface area contributed by atoms with Crippen molar-refractivity contribution in [2.45, 2.75) is 20.3 Å². The Bertz CT molecular complexity index is 512. The molecular weight excluding hydrogens is 216 g/mol. The number of hydrogen-bond acceptors (Lipinski definition) is 3. The van der Waals surface area contributed by atoms with Gasteiger partial charge in [0.05, 0.1) is 12.2 Å². The van der Waals surface area contributed by atoms with Crippen LogP contribution < -0.4 is 4.74 Å². The summed E-state index contributed by atoms with van der Waals surface area (Å²) in [4.78, 5) is 24.1. The van der Waals surface area contributed by atoms with Gasteiger partial charge in [0.1, 0.15) is 5.75 Å². The van der Waals surface area contributed by atoms with Gasteiger partial charge in [-0.1, -0.05) is 19.1 Å². The lowest BCUT2D eigenvalue weighted by Crippen LogP contribution is -2.18. The van der Waals surface area contributed by atoms with E-state index in [1.54, 1.807) is 18.2 Å². The molecule has 0 unspecified atom stereocenters. The molecule has 1 aliphatic rings. The Morgan fingerprint density at radius 3 is 2.59 bits per heavy atom. The molecule has 3 nitrogen and oxygen atoms in total. The van der Waals surface area contributed by atoms with E-state index in [9.17, 15) is 9.59 Å². The Balaban J connectivity index is 2.59. The van der Waals surface area contributed by atoms with Gasteiger partial charge in [0.15, 0.2) is 11.6 Å². The molecule has 0 aromatic heterocycles. The molecule has 88 valence electrons. The predicted octanol–water partition coefficient (Wildman–Crippen LogP) is 2.80. The van der Waals surface area contributed by atoms with E-state index >= 15 is 0 Å². The van der Waals surface area contributed by atoms with E-state index in [4.69, 9.17) is 4.74 Å². The molecule has 0 heterocycles. The van der Waals surface area contributed by atoms with Crippen molar-refractivity contribution in [3.8, 4) is 5.75 Å². The molecule has 1 aliphatic carbocycles. The quantitative estimate of drug-likeness (QED) is 0.801. The van der Waals surface area contributed by atoms with Crippen molar-refractivity contribution < 1.29 is 14.3 Å². The third-order valence-corrected chi connectivity index (χ3v) is 2.80. The van der Waals surface area contributed by atoms with Gasteiger partial charge in [-0.05, 0) is 25.5 Å². The summed E-state index contributed by atoms with van der Waals surface area (Å²) >= 11 is 0. The number of Topliss-reactive ketones (excluding diaryl/α,β-unsaturated/α-hetero) is 1. The molecule has 0 radical (unpaired) electrons. The fourth-order valence-electron chi connectivity index (χ4n) is 1.97. The minimum absolute atomic E-state index is 0.0915. The van der Waals surface area contributed by atoms with Gasteiger partial charge in [0, 0.05) is 11.1 Å². The van der Waals surface area contributed by atoms with Crippen LogP contribution in [0.4, 0.5) is 0 Å². The SMILES string of the molecule is CCOc1cccc2c1C(=O)C(CC)=CC2=O. The van der Waals surface area contributed by atoms with E-state index in [-0.39, 0.29) is 11.6 Å². The number of fused-ring (bicyclic) bond motifs is 1. The van der Waals surface area contributed by atoms with Crippen LogP contribution in [0, 0.1) is 0 Å². The van der Waals surface area contributed by atoms with Crippen LogP contribution >= 0.6 is 0 Å². The molecular formula is C14H14O3. The van der Waals surface area contributed by atoms with Crippen LogP contribution in [0.25, 0.3) is 0 Å².